The van der Waals surface area contributed by atoms with E-state index in [-0.39, 0.29) is 10.6 Å². The summed E-state index contributed by atoms with van der Waals surface area (Å²) >= 11 is 0. The van der Waals surface area contributed by atoms with Gasteiger partial charge in [0.15, 0.2) is 9.84 Å². The zero-order valence-electron chi connectivity index (χ0n) is 10.2. The quantitative estimate of drug-likeness (QED) is 0.917. The summed E-state index contributed by atoms with van der Waals surface area (Å²) in [5.41, 5.74) is 1.28. The largest absolute Gasteiger partial charge is 0.497 e. The predicted molar refractivity (Wildman–Crippen MR) is 68.3 cm³/mol. The van der Waals surface area contributed by atoms with E-state index in [4.69, 9.17) is 4.74 Å². The third-order valence-electron chi connectivity index (χ3n) is 2.70. The fourth-order valence-corrected chi connectivity index (χ4v) is 2.63. The Balaban J connectivity index is 2.49. The molecule has 0 saturated heterocycles. The van der Waals surface area contributed by atoms with Crippen LogP contribution in [-0.2, 0) is 9.84 Å². The highest BCUT2D eigenvalue weighted by Gasteiger charge is 2.19. The van der Waals surface area contributed by atoms with Gasteiger partial charge in [-0.05, 0) is 24.3 Å². The van der Waals surface area contributed by atoms with Crippen molar-refractivity contribution < 1.29 is 13.2 Å². The smallest absolute Gasteiger partial charge is 0.181 e. The van der Waals surface area contributed by atoms with Gasteiger partial charge in [0.2, 0.25) is 0 Å². The Bertz CT molecular complexity index is 630. The molecule has 18 heavy (non-hydrogen) atoms. The van der Waals surface area contributed by atoms with Crippen molar-refractivity contribution in [1.82, 2.24) is 10.2 Å². The predicted octanol–water partition coefficient (Wildman–Crippen LogP) is 1.88. The van der Waals surface area contributed by atoms with Crippen LogP contribution in [0.4, 0.5) is 0 Å². The average Bonchev–Trinajstić information content (AvgIpc) is 2.89. The molecule has 0 saturated carbocycles. The van der Waals surface area contributed by atoms with Crippen molar-refractivity contribution in [1.29, 1.82) is 0 Å². The lowest BCUT2D eigenvalue weighted by atomic mass is 10.1. The third kappa shape index (κ3) is 2.24. The van der Waals surface area contributed by atoms with Crippen LogP contribution in [0.5, 0.6) is 5.75 Å². The molecule has 0 bridgehead atoms. The molecular weight excluding hydrogens is 252 g/mol. The molecule has 0 aliphatic rings. The average molecular weight is 266 g/mol. The van der Waals surface area contributed by atoms with Crippen LogP contribution in [0.15, 0.2) is 35.4 Å². The Morgan fingerprint density at radius 1 is 1.28 bits per heavy atom. The lowest BCUT2D eigenvalue weighted by Gasteiger charge is -2.04. The lowest BCUT2D eigenvalue weighted by Crippen LogP contribution is -2.03. The van der Waals surface area contributed by atoms with Gasteiger partial charge >= 0.3 is 0 Å². The molecule has 1 aromatic heterocycles. The molecule has 0 amide bonds. The first-order chi connectivity index (χ1) is 8.58. The SMILES string of the molecule is CCS(=O)(=O)c1cn[nH]c1-c1ccc(OC)cc1. The maximum atomic E-state index is 11.9. The van der Waals surface area contributed by atoms with Gasteiger partial charge < -0.3 is 4.74 Å². The number of ether oxygens (including phenoxy) is 1. The molecule has 1 heterocycles. The maximum absolute atomic E-state index is 11.9. The molecule has 0 fully saturated rings. The number of benzene rings is 1. The zero-order valence-corrected chi connectivity index (χ0v) is 11.0. The molecule has 6 heteroatoms. The van der Waals surface area contributed by atoms with Gasteiger partial charge in [-0.2, -0.15) is 5.10 Å². The van der Waals surface area contributed by atoms with Crippen molar-refractivity contribution in [2.75, 3.05) is 12.9 Å². The Labute approximate surface area is 106 Å². The highest BCUT2D eigenvalue weighted by molar-refractivity contribution is 7.91. The highest BCUT2D eigenvalue weighted by atomic mass is 32.2. The second kappa shape index (κ2) is 4.81. The number of methoxy groups -OCH3 is 1. The molecule has 0 aliphatic heterocycles. The molecule has 0 spiro atoms. The van der Waals surface area contributed by atoms with Crippen molar-refractivity contribution in [3.8, 4) is 17.0 Å². The van der Waals surface area contributed by atoms with Crippen molar-refractivity contribution in [3.63, 3.8) is 0 Å². The number of aromatic amines is 1. The molecule has 0 aliphatic carbocycles. The zero-order chi connectivity index (χ0) is 13.2. The van der Waals surface area contributed by atoms with Crippen LogP contribution in [0.25, 0.3) is 11.3 Å². The number of rotatable bonds is 4. The first kappa shape index (κ1) is 12.6. The summed E-state index contributed by atoms with van der Waals surface area (Å²) < 4.78 is 28.9. The monoisotopic (exact) mass is 266 g/mol. The Kier molecular flexibility index (Phi) is 3.38. The van der Waals surface area contributed by atoms with Gasteiger partial charge in [-0.25, -0.2) is 8.42 Å². The van der Waals surface area contributed by atoms with Crippen LogP contribution in [0.3, 0.4) is 0 Å². The van der Waals surface area contributed by atoms with Crippen LogP contribution in [0.1, 0.15) is 6.92 Å². The van der Waals surface area contributed by atoms with Gasteiger partial charge in [0.1, 0.15) is 10.6 Å². The number of hydrogen-bond acceptors (Lipinski definition) is 4. The minimum atomic E-state index is -3.27. The first-order valence-electron chi connectivity index (χ1n) is 5.49. The summed E-state index contributed by atoms with van der Waals surface area (Å²) in [5, 5.41) is 6.55. The topological polar surface area (TPSA) is 72.0 Å². The maximum Gasteiger partial charge on any atom is 0.181 e. The van der Waals surface area contributed by atoms with Crippen molar-refractivity contribution >= 4 is 9.84 Å². The highest BCUT2D eigenvalue weighted by Crippen LogP contribution is 2.27. The van der Waals surface area contributed by atoms with Crippen LogP contribution >= 0.6 is 0 Å². The second-order valence-corrected chi connectivity index (χ2v) is 5.99. The molecular formula is C12H14N2O3S. The minimum Gasteiger partial charge on any atom is -0.497 e. The van der Waals surface area contributed by atoms with E-state index in [0.717, 1.165) is 11.3 Å². The van der Waals surface area contributed by atoms with Crippen LogP contribution in [-0.4, -0.2) is 31.5 Å². The van der Waals surface area contributed by atoms with E-state index in [0.29, 0.717) is 5.69 Å². The number of aromatic nitrogens is 2. The summed E-state index contributed by atoms with van der Waals surface area (Å²) in [4.78, 5) is 0.232. The van der Waals surface area contributed by atoms with E-state index < -0.39 is 9.84 Å². The fourth-order valence-electron chi connectivity index (χ4n) is 1.63. The number of sulfone groups is 1. The molecule has 0 atom stereocenters. The number of hydrogen-bond donors (Lipinski definition) is 1. The summed E-state index contributed by atoms with van der Waals surface area (Å²) in [5.74, 6) is 0.772. The molecule has 2 aromatic rings. The lowest BCUT2D eigenvalue weighted by molar-refractivity contribution is 0.415. The van der Waals surface area contributed by atoms with E-state index >= 15 is 0 Å². The molecule has 96 valence electrons. The Hall–Kier alpha value is -1.82. The molecule has 1 N–H and O–H groups in total. The summed E-state index contributed by atoms with van der Waals surface area (Å²) in [6.45, 7) is 1.61. The minimum absolute atomic E-state index is 0.0513. The summed E-state index contributed by atoms with van der Waals surface area (Å²) in [7, 11) is -1.69. The van der Waals surface area contributed by atoms with Crippen molar-refractivity contribution in [2.24, 2.45) is 0 Å². The van der Waals surface area contributed by atoms with Gasteiger partial charge in [0, 0.05) is 5.56 Å². The summed E-state index contributed by atoms with van der Waals surface area (Å²) in [6, 6.07) is 7.14. The van der Waals surface area contributed by atoms with E-state index in [9.17, 15) is 8.42 Å². The van der Waals surface area contributed by atoms with Crippen molar-refractivity contribution in [3.05, 3.63) is 30.5 Å². The van der Waals surface area contributed by atoms with Gasteiger partial charge in [-0.3, -0.25) is 5.10 Å². The molecule has 0 unspecified atom stereocenters. The van der Waals surface area contributed by atoms with E-state index in [1.807, 2.05) is 0 Å². The van der Waals surface area contributed by atoms with Crippen LogP contribution in [0.2, 0.25) is 0 Å². The molecule has 1 aromatic carbocycles. The van der Waals surface area contributed by atoms with Crippen molar-refractivity contribution in [2.45, 2.75) is 11.8 Å². The van der Waals surface area contributed by atoms with Gasteiger partial charge in [-0.1, -0.05) is 6.92 Å². The first-order valence-corrected chi connectivity index (χ1v) is 7.14. The second-order valence-electron chi connectivity index (χ2n) is 3.74. The molecule has 5 nitrogen and oxygen atoms in total. The number of nitrogens with one attached hydrogen (secondary N) is 1. The molecule has 2 rings (SSSR count). The normalized spacial score (nSPS) is 11.4. The number of H-pyrrole nitrogens is 1. The molecule has 0 radical (unpaired) electrons. The van der Waals surface area contributed by atoms with Gasteiger partial charge in [-0.15, -0.1) is 0 Å². The van der Waals surface area contributed by atoms with Gasteiger partial charge in [0.05, 0.1) is 24.8 Å². The van der Waals surface area contributed by atoms with E-state index in [1.165, 1.54) is 6.20 Å². The van der Waals surface area contributed by atoms with Gasteiger partial charge in [0.25, 0.3) is 0 Å². The van der Waals surface area contributed by atoms with Crippen LogP contribution < -0.4 is 4.74 Å². The Morgan fingerprint density at radius 2 is 1.94 bits per heavy atom. The standard InChI is InChI=1S/C12H14N2O3S/c1-3-18(15,16)11-8-13-14-12(11)9-4-6-10(17-2)7-5-9/h4-8H,3H2,1-2H3,(H,13,14). The number of nitrogens with zero attached hydrogens (tertiary/aromatic N) is 1. The van der Waals surface area contributed by atoms with E-state index in [2.05, 4.69) is 10.2 Å². The fraction of sp³-hybridized carbons (Fsp3) is 0.250. The van der Waals surface area contributed by atoms with E-state index in [1.54, 1.807) is 38.3 Å². The van der Waals surface area contributed by atoms with Crippen LogP contribution in [0, 0.1) is 0 Å². The summed E-state index contributed by atoms with van der Waals surface area (Å²) in [6.07, 6.45) is 1.35. The Morgan fingerprint density at radius 3 is 2.50 bits per heavy atom. The third-order valence-corrected chi connectivity index (χ3v) is 4.44.